The Hall–Kier alpha value is -2.41. The van der Waals surface area contributed by atoms with E-state index in [-0.39, 0.29) is 0 Å². The van der Waals surface area contributed by atoms with Crippen LogP contribution in [-0.4, -0.2) is 59.9 Å². The molecule has 44 heavy (non-hydrogen) atoms. The zero-order chi connectivity index (χ0) is 30.9. The van der Waals surface area contributed by atoms with Crippen LogP contribution in [0.1, 0.15) is 27.8 Å². The highest BCUT2D eigenvalue weighted by Gasteiger charge is 2.31. The molecule has 13 heteroatoms. The zero-order valence-corrected chi connectivity index (χ0v) is 27.1. The van der Waals surface area contributed by atoms with Gasteiger partial charge in [0.2, 0.25) is 0 Å². The summed E-state index contributed by atoms with van der Waals surface area (Å²) in [5.74, 6) is 0.885. The molecule has 0 spiro atoms. The van der Waals surface area contributed by atoms with Crippen LogP contribution < -0.4 is 10.6 Å². The van der Waals surface area contributed by atoms with Crippen LogP contribution in [0.4, 0.5) is 13.2 Å². The lowest BCUT2D eigenvalue weighted by Crippen LogP contribution is -2.42. The number of nitrogens with zero attached hydrogens (tertiary/aromatic N) is 4. The lowest BCUT2D eigenvalue weighted by molar-refractivity contribution is -0.137. The van der Waals surface area contributed by atoms with E-state index in [0.29, 0.717) is 43.7 Å². The van der Waals surface area contributed by atoms with Crippen LogP contribution in [-0.2, 0) is 30.5 Å². The molecule has 0 atom stereocenters. The molecule has 0 radical (unpaired) electrons. The van der Waals surface area contributed by atoms with Gasteiger partial charge >= 0.3 is 6.18 Å². The molecule has 0 fully saturated rings. The van der Waals surface area contributed by atoms with Gasteiger partial charge in [-0.2, -0.15) is 13.2 Å². The van der Waals surface area contributed by atoms with Crippen LogP contribution in [0.5, 0.6) is 0 Å². The average Bonchev–Trinajstić information content (AvgIpc) is 3.03. The molecule has 3 aromatic carbocycles. The summed E-state index contributed by atoms with van der Waals surface area (Å²) >= 11 is 15.5. The van der Waals surface area contributed by atoms with E-state index in [1.807, 2.05) is 48.5 Å². The predicted molar refractivity (Wildman–Crippen MR) is 178 cm³/mol. The Morgan fingerprint density at radius 2 is 1.18 bits per heavy atom. The molecule has 0 saturated carbocycles. The number of thioether (sulfide) groups is 2. The summed E-state index contributed by atoms with van der Waals surface area (Å²) in [5, 5.41) is 9.67. The smallest absolute Gasteiger partial charge is 0.352 e. The van der Waals surface area contributed by atoms with Gasteiger partial charge in [-0.3, -0.25) is 9.80 Å². The van der Waals surface area contributed by atoms with Gasteiger partial charge in [0.25, 0.3) is 0 Å². The molecule has 2 aliphatic rings. The van der Waals surface area contributed by atoms with E-state index >= 15 is 0 Å². The average molecular weight is 682 g/mol. The van der Waals surface area contributed by atoms with Gasteiger partial charge in [0.15, 0.2) is 10.3 Å². The Balaban J connectivity index is 1.13. The van der Waals surface area contributed by atoms with Crippen molar-refractivity contribution in [3.8, 4) is 0 Å². The number of benzene rings is 3. The molecule has 2 aliphatic heterocycles. The molecule has 0 amide bonds. The number of rotatable bonds is 10. The van der Waals surface area contributed by atoms with Crippen molar-refractivity contribution in [3.63, 3.8) is 0 Å². The quantitative estimate of drug-likeness (QED) is 0.234. The van der Waals surface area contributed by atoms with Gasteiger partial charge in [-0.05, 0) is 59.4 Å². The summed E-state index contributed by atoms with van der Waals surface area (Å²) in [6.07, 6.45) is -2.77. The lowest BCUT2D eigenvalue weighted by atomic mass is 10.1. The third-order valence-electron chi connectivity index (χ3n) is 7.31. The summed E-state index contributed by atoms with van der Waals surface area (Å²) in [7, 11) is 0. The fourth-order valence-corrected chi connectivity index (χ4v) is 6.95. The van der Waals surface area contributed by atoms with Crippen molar-refractivity contribution >= 4 is 57.1 Å². The van der Waals surface area contributed by atoms with E-state index in [4.69, 9.17) is 23.2 Å². The first-order chi connectivity index (χ1) is 21.2. The first-order valence-corrected chi connectivity index (χ1v) is 16.9. The number of hydrogen-bond donors (Lipinski definition) is 2. The Bertz CT molecular complexity index is 1490. The van der Waals surface area contributed by atoms with Crippen molar-refractivity contribution < 1.29 is 13.2 Å². The Labute approximate surface area is 274 Å². The monoisotopic (exact) mass is 680 g/mol. The van der Waals surface area contributed by atoms with Crippen molar-refractivity contribution in [3.05, 3.63) is 105 Å². The van der Waals surface area contributed by atoms with Crippen LogP contribution in [0.25, 0.3) is 0 Å². The van der Waals surface area contributed by atoms with E-state index < -0.39 is 11.7 Å². The first-order valence-electron chi connectivity index (χ1n) is 14.2. The van der Waals surface area contributed by atoms with E-state index in [1.165, 1.54) is 29.6 Å². The van der Waals surface area contributed by atoms with Crippen LogP contribution in [0, 0.1) is 0 Å². The number of halogens is 5. The summed E-state index contributed by atoms with van der Waals surface area (Å²) in [5.41, 5.74) is 3.03. The zero-order valence-electron chi connectivity index (χ0n) is 23.9. The highest BCUT2D eigenvalue weighted by atomic mass is 35.5. The minimum Gasteiger partial charge on any atom is -0.352 e. The number of amidine groups is 2. The van der Waals surface area contributed by atoms with Crippen LogP contribution in [0.3, 0.4) is 0 Å². The van der Waals surface area contributed by atoms with Gasteiger partial charge in [0, 0.05) is 34.6 Å². The summed E-state index contributed by atoms with van der Waals surface area (Å²) in [4.78, 5) is 13.6. The van der Waals surface area contributed by atoms with Gasteiger partial charge < -0.3 is 10.6 Å². The van der Waals surface area contributed by atoms with Crippen LogP contribution in [0.15, 0.2) is 76.7 Å². The molecule has 0 aromatic heterocycles. The Morgan fingerprint density at radius 3 is 1.64 bits per heavy atom. The fourth-order valence-electron chi connectivity index (χ4n) is 4.72. The van der Waals surface area contributed by atoms with Gasteiger partial charge in [0.05, 0.1) is 32.2 Å². The standard InChI is InChI=1S/C31H33Cl2F3N6S2/c32-27-7-3-1-5-22(27)11-13-41-18-37-29(38-19-41)43-16-24-9-10-26(31(34,35)36)15-25(24)17-44-30-39-20-42(21-40-30)14-12-23-6-2-4-8-28(23)33/h1-10,15H,11-14,16-21H2,(H,37,38)(H,39,40). The molecule has 0 unspecified atom stereocenters. The SMILES string of the molecule is FC(F)(F)c1ccc(CSC2=NCN(CCc3ccccc3Cl)CN2)c(CSC2=NCN(CCc3ccccc3Cl)CN2)c1. The molecule has 2 heterocycles. The molecule has 2 N–H and O–H groups in total. The number of aliphatic imine (C=N–C) groups is 2. The van der Waals surface area contributed by atoms with Crippen molar-refractivity contribution in [2.24, 2.45) is 9.98 Å². The predicted octanol–water partition coefficient (Wildman–Crippen LogP) is 7.32. The number of hydrogen-bond acceptors (Lipinski definition) is 8. The van der Waals surface area contributed by atoms with Crippen molar-refractivity contribution in [2.75, 3.05) is 39.8 Å². The van der Waals surface area contributed by atoms with Crippen molar-refractivity contribution in [1.82, 2.24) is 20.4 Å². The molecule has 6 nitrogen and oxygen atoms in total. The summed E-state index contributed by atoms with van der Waals surface area (Å²) in [6, 6.07) is 19.6. The van der Waals surface area contributed by atoms with Crippen LogP contribution >= 0.6 is 46.7 Å². The van der Waals surface area contributed by atoms with Crippen molar-refractivity contribution in [2.45, 2.75) is 30.5 Å². The van der Waals surface area contributed by atoms with E-state index in [0.717, 1.165) is 69.1 Å². The minimum absolute atomic E-state index is 0.376. The largest absolute Gasteiger partial charge is 0.416 e. The van der Waals surface area contributed by atoms with Gasteiger partial charge in [-0.1, -0.05) is 89.2 Å². The third-order valence-corrected chi connectivity index (χ3v) is 10.1. The first kappa shape index (κ1) is 33.0. The van der Waals surface area contributed by atoms with E-state index in [9.17, 15) is 13.2 Å². The fraction of sp³-hybridized carbons (Fsp3) is 0.355. The summed E-state index contributed by atoms with van der Waals surface area (Å²) in [6.45, 7) is 3.94. The van der Waals surface area contributed by atoms with Gasteiger partial charge in [-0.25, -0.2) is 9.98 Å². The van der Waals surface area contributed by atoms with Crippen molar-refractivity contribution in [1.29, 1.82) is 0 Å². The number of alkyl halides is 3. The topological polar surface area (TPSA) is 55.3 Å². The molecule has 0 bridgehead atoms. The molecular formula is C31H33Cl2F3N6S2. The molecular weight excluding hydrogens is 648 g/mol. The third kappa shape index (κ3) is 9.55. The van der Waals surface area contributed by atoms with Crippen LogP contribution in [0.2, 0.25) is 10.0 Å². The van der Waals surface area contributed by atoms with E-state index in [2.05, 4.69) is 30.4 Å². The second-order valence-corrected chi connectivity index (χ2v) is 13.2. The second kappa shape index (κ2) is 15.7. The van der Waals surface area contributed by atoms with Gasteiger partial charge in [0.1, 0.15) is 0 Å². The maximum Gasteiger partial charge on any atom is 0.416 e. The number of nitrogens with one attached hydrogen (secondary N) is 2. The maximum atomic E-state index is 13.6. The highest BCUT2D eigenvalue weighted by molar-refractivity contribution is 8.13. The normalized spacial score (nSPS) is 16.2. The molecule has 234 valence electrons. The summed E-state index contributed by atoms with van der Waals surface area (Å²) < 4.78 is 40.7. The Kier molecular flexibility index (Phi) is 11.8. The maximum absolute atomic E-state index is 13.6. The molecule has 0 aliphatic carbocycles. The Morgan fingerprint density at radius 1 is 0.682 bits per heavy atom. The minimum atomic E-state index is -4.41. The highest BCUT2D eigenvalue weighted by Crippen LogP contribution is 2.33. The second-order valence-electron chi connectivity index (χ2n) is 10.4. The molecule has 0 saturated heterocycles. The van der Waals surface area contributed by atoms with E-state index in [1.54, 1.807) is 6.07 Å². The lowest BCUT2D eigenvalue weighted by Gasteiger charge is -2.27. The molecule has 3 aromatic rings. The van der Waals surface area contributed by atoms with Gasteiger partial charge in [-0.15, -0.1) is 0 Å². The molecule has 5 rings (SSSR count).